The number of unbranched alkanes of at least 4 members (excludes halogenated alkanes) is 1. The van der Waals surface area contributed by atoms with Crippen LogP contribution in [0.1, 0.15) is 54.3 Å². The number of fused-ring (bicyclic) bond motifs is 2. The molecule has 1 N–H and O–H groups in total. The van der Waals surface area contributed by atoms with Gasteiger partial charge >= 0.3 is 6.09 Å². The SMILES string of the molecule is CCCN(CCCCNC(=O)ON1Cc2ccccc2C1)C1CCc2ncsc2C1. The molecule has 1 aromatic heterocycles. The lowest BCUT2D eigenvalue weighted by atomic mass is 9.96. The average Bonchev–Trinajstić information content (AvgIpc) is 3.38. The molecule has 0 fully saturated rings. The number of carbonyl (C=O) groups excluding carboxylic acids is 1. The van der Waals surface area contributed by atoms with Crippen LogP contribution in [0.4, 0.5) is 4.79 Å². The van der Waals surface area contributed by atoms with Crippen LogP contribution in [0.2, 0.25) is 0 Å². The second kappa shape index (κ2) is 10.4. The third-order valence-electron chi connectivity index (χ3n) is 6.05. The molecule has 1 aromatic carbocycles. The van der Waals surface area contributed by atoms with E-state index in [4.69, 9.17) is 4.84 Å². The Morgan fingerprint density at radius 1 is 1.27 bits per heavy atom. The van der Waals surface area contributed by atoms with Crippen molar-refractivity contribution in [1.29, 1.82) is 0 Å². The van der Waals surface area contributed by atoms with Gasteiger partial charge in [0.25, 0.3) is 0 Å². The fraction of sp³-hybridized carbons (Fsp3) is 0.565. The fourth-order valence-corrected chi connectivity index (χ4v) is 5.39. The van der Waals surface area contributed by atoms with E-state index in [-0.39, 0.29) is 6.09 Å². The highest BCUT2D eigenvalue weighted by Crippen LogP contribution is 2.27. The van der Waals surface area contributed by atoms with Gasteiger partial charge in [0, 0.05) is 17.5 Å². The standard InChI is InChI=1S/C23H32N4O2S/c1-2-12-26(20-9-10-21-22(14-20)30-17-25-21)13-6-5-11-24-23(28)29-27-15-18-7-3-4-8-19(18)16-27/h3-4,7-8,17,20H,2,5-6,9-16H2,1H3,(H,24,28). The van der Waals surface area contributed by atoms with Gasteiger partial charge in [0.2, 0.25) is 0 Å². The summed E-state index contributed by atoms with van der Waals surface area (Å²) in [5.41, 5.74) is 5.77. The van der Waals surface area contributed by atoms with Crippen molar-refractivity contribution in [3.63, 3.8) is 0 Å². The summed E-state index contributed by atoms with van der Waals surface area (Å²) in [7, 11) is 0. The van der Waals surface area contributed by atoms with Crippen molar-refractivity contribution in [2.75, 3.05) is 19.6 Å². The lowest BCUT2D eigenvalue weighted by Crippen LogP contribution is -2.40. The summed E-state index contributed by atoms with van der Waals surface area (Å²) < 4.78 is 0. The molecule has 1 unspecified atom stereocenters. The lowest BCUT2D eigenvalue weighted by Gasteiger charge is -2.33. The van der Waals surface area contributed by atoms with Gasteiger partial charge in [-0.25, -0.2) is 9.78 Å². The third kappa shape index (κ3) is 5.39. The first-order chi connectivity index (χ1) is 14.7. The zero-order valence-electron chi connectivity index (χ0n) is 17.8. The number of hydrogen-bond donors (Lipinski definition) is 1. The van der Waals surface area contributed by atoms with Gasteiger partial charge < -0.3 is 15.1 Å². The van der Waals surface area contributed by atoms with E-state index in [0.29, 0.717) is 25.7 Å². The van der Waals surface area contributed by atoms with Gasteiger partial charge in [-0.05, 0) is 62.7 Å². The van der Waals surface area contributed by atoms with E-state index in [2.05, 4.69) is 34.3 Å². The molecule has 2 aromatic rings. The van der Waals surface area contributed by atoms with Gasteiger partial charge in [-0.15, -0.1) is 16.4 Å². The molecule has 7 heteroatoms. The van der Waals surface area contributed by atoms with Crippen LogP contribution in [-0.4, -0.2) is 46.7 Å². The first-order valence-electron chi connectivity index (χ1n) is 11.2. The quantitative estimate of drug-likeness (QED) is 0.608. The second-order valence-electron chi connectivity index (χ2n) is 8.23. The summed E-state index contributed by atoms with van der Waals surface area (Å²) in [6.45, 7) is 6.47. The maximum Gasteiger partial charge on any atom is 0.426 e. The van der Waals surface area contributed by atoms with E-state index in [1.165, 1.54) is 34.5 Å². The number of nitrogens with one attached hydrogen (secondary N) is 1. The van der Waals surface area contributed by atoms with Crippen molar-refractivity contribution in [1.82, 2.24) is 20.3 Å². The molecule has 30 heavy (non-hydrogen) atoms. The van der Waals surface area contributed by atoms with Crippen molar-refractivity contribution in [2.45, 2.75) is 64.6 Å². The molecule has 2 aliphatic rings. The minimum atomic E-state index is -0.349. The fourth-order valence-electron chi connectivity index (χ4n) is 4.51. The molecule has 0 bridgehead atoms. The van der Waals surface area contributed by atoms with Crippen LogP contribution in [0.5, 0.6) is 0 Å². The first-order valence-corrected chi connectivity index (χ1v) is 12.0. The average molecular weight is 429 g/mol. The molecule has 0 saturated heterocycles. The molecule has 1 atom stereocenters. The van der Waals surface area contributed by atoms with Gasteiger partial charge in [-0.2, -0.15) is 0 Å². The molecule has 162 valence electrons. The number of rotatable bonds is 9. The molecule has 0 radical (unpaired) electrons. The zero-order chi connectivity index (χ0) is 20.8. The Labute approximate surface area is 183 Å². The number of benzene rings is 1. The van der Waals surface area contributed by atoms with Crippen molar-refractivity contribution < 1.29 is 9.63 Å². The molecular weight excluding hydrogens is 396 g/mol. The second-order valence-corrected chi connectivity index (χ2v) is 9.17. The maximum absolute atomic E-state index is 12.1. The lowest BCUT2D eigenvalue weighted by molar-refractivity contribution is -0.105. The minimum Gasteiger partial charge on any atom is -0.350 e. The number of hydrogen-bond acceptors (Lipinski definition) is 6. The number of nitrogens with zero attached hydrogens (tertiary/aromatic N) is 3. The maximum atomic E-state index is 12.1. The van der Waals surface area contributed by atoms with E-state index in [0.717, 1.165) is 38.8 Å². The van der Waals surface area contributed by atoms with Crippen LogP contribution in [0.15, 0.2) is 29.8 Å². The number of aromatic nitrogens is 1. The highest BCUT2D eigenvalue weighted by atomic mass is 32.1. The number of hydroxylamine groups is 2. The van der Waals surface area contributed by atoms with Crippen LogP contribution in [0.3, 0.4) is 0 Å². The van der Waals surface area contributed by atoms with Crippen molar-refractivity contribution >= 4 is 17.4 Å². The number of amides is 1. The molecule has 1 aliphatic carbocycles. The molecule has 0 spiro atoms. The van der Waals surface area contributed by atoms with Crippen molar-refractivity contribution in [3.05, 3.63) is 51.5 Å². The number of aryl methyl sites for hydroxylation is 1. The molecule has 1 aliphatic heterocycles. The Morgan fingerprint density at radius 2 is 2.07 bits per heavy atom. The minimum absolute atomic E-state index is 0.349. The van der Waals surface area contributed by atoms with E-state index in [9.17, 15) is 4.79 Å². The predicted octanol–water partition coefficient (Wildman–Crippen LogP) is 4.15. The van der Waals surface area contributed by atoms with Gasteiger partial charge in [-0.3, -0.25) is 0 Å². The van der Waals surface area contributed by atoms with E-state index >= 15 is 0 Å². The monoisotopic (exact) mass is 428 g/mol. The van der Waals surface area contributed by atoms with E-state index in [1.807, 2.05) is 17.6 Å². The van der Waals surface area contributed by atoms with Gasteiger partial charge in [0.15, 0.2) is 0 Å². The van der Waals surface area contributed by atoms with Gasteiger partial charge in [0.1, 0.15) is 0 Å². The molecular formula is C23H32N4O2S. The third-order valence-corrected chi connectivity index (χ3v) is 6.95. The highest BCUT2D eigenvalue weighted by molar-refractivity contribution is 7.09. The van der Waals surface area contributed by atoms with E-state index < -0.39 is 0 Å². The van der Waals surface area contributed by atoms with Crippen molar-refractivity contribution in [2.24, 2.45) is 0 Å². The predicted molar refractivity (Wildman–Crippen MR) is 119 cm³/mol. The Hall–Kier alpha value is -1.96. The Morgan fingerprint density at radius 3 is 2.83 bits per heavy atom. The van der Waals surface area contributed by atoms with Crippen LogP contribution >= 0.6 is 11.3 Å². The Bertz CT molecular complexity index is 815. The summed E-state index contributed by atoms with van der Waals surface area (Å²) in [6.07, 6.45) is 6.34. The highest BCUT2D eigenvalue weighted by Gasteiger charge is 2.25. The summed E-state index contributed by atoms with van der Waals surface area (Å²) >= 11 is 1.81. The van der Waals surface area contributed by atoms with Crippen LogP contribution in [0.25, 0.3) is 0 Å². The number of thiazole rings is 1. The first kappa shape index (κ1) is 21.3. The normalized spacial score (nSPS) is 18.3. The van der Waals surface area contributed by atoms with Crippen LogP contribution in [-0.2, 0) is 30.8 Å². The summed E-state index contributed by atoms with van der Waals surface area (Å²) in [5.74, 6) is 0. The molecule has 1 amide bonds. The van der Waals surface area contributed by atoms with Crippen LogP contribution < -0.4 is 5.32 Å². The summed E-state index contributed by atoms with van der Waals surface area (Å²) in [6, 6.07) is 8.84. The van der Waals surface area contributed by atoms with E-state index in [1.54, 1.807) is 16.4 Å². The molecule has 2 heterocycles. The molecule has 4 rings (SSSR count). The zero-order valence-corrected chi connectivity index (χ0v) is 18.6. The summed E-state index contributed by atoms with van der Waals surface area (Å²) in [4.78, 5) is 26.2. The Balaban J connectivity index is 1.13. The Kier molecular flexibility index (Phi) is 7.36. The number of carbonyl (C=O) groups is 1. The van der Waals surface area contributed by atoms with Gasteiger partial charge in [-0.1, -0.05) is 31.2 Å². The topological polar surface area (TPSA) is 57.7 Å². The molecule has 6 nitrogen and oxygen atoms in total. The van der Waals surface area contributed by atoms with Gasteiger partial charge in [0.05, 0.1) is 24.3 Å². The van der Waals surface area contributed by atoms with Crippen LogP contribution in [0, 0.1) is 0 Å². The smallest absolute Gasteiger partial charge is 0.350 e. The van der Waals surface area contributed by atoms with Crippen molar-refractivity contribution in [3.8, 4) is 0 Å². The summed E-state index contributed by atoms with van der Waals surface area (Å²) in [5, 5.41) is 4.63. The molecule has 0 saturated carbocycles. The largest absolute Gasteiger partial charge is 0.426 e.